The number of hydrogen-bond acceptors (Lipinski definition) is 3. The number of para-hydroxylation sites is 1. The highest BCUT2D eigenvalue weighted by Crippen LogP contribution is 2.34. The van der Waals surface area contributed by atoms with Crippen LogP contribution in [0.3, 0.4) is 0 Å². The number of piperidine rings is 1. The quantitative estimate of drug-likeness (QED) is 0.924. The Morgan fingerprint density at radius 3 is 2.25 bits per heavy atom. The molecule has 0 aliphatic carbocycles. The monoisotopic (exact) mass is 278 g/mol. The molecular formula is C15H22N2O3. The van der Waals surface area contributed by atoms with Gasteiger partial charge in [-0.3, -0.25) is 0 Å². The van der Waals surface area contributed by atoms with Crippen LogP contribution in [-0.4, -0.2) is 38.2 Å². The lowest BCUT2D eigenvalue weighted by atomic mass is 10.00. The van der Waals surface area contributed by atoms with E-state index in [1.807, 2.05) is 11.0 Å². The van der Waals surface area contributed by atoms with Crippen LogP contribution in [0, 0.1) is 5.92 Å². The van der Waals surface area contributed by atoms with Crippen LogP contribution in [-0.2, 0) is 0 Å². The molecule has 0 atom stereocenters. The topological polar surface area (TPSA) is 50.8 Å². The Morgan fingerprint density at radius 2 is 1.75 bits per heavy atom. The van der Waals surface area contributed by atoms with Crippen molar-refractivity contribution in [2.75, 3.05) is 32.6 Å². The molecule has 5 nitrogen and oxygen atoms in total. The second-order valence-corrected chi connectivity index (χ2v) is 5.14. The van der Waals surface area contributed by atoms with E-state index >= 15 is 0 Å². The maximum atomic E-state index is 12.3. The zero-order valence-corrected chi connectivity index (χ0v) is 12.3. The fourth-order valence-corrected chi connectivity index (χ4v) is 2.37. The molecule has 1 aromatic carbocycles. The molecule has 0 spiro atoms. The molecule has 0 bridgehead atoms. The summed E-state index contributed by atoms with van der Waals surface area (Å²) in [7, 11) is 3.15. The summed E-state index contributed by atoms with van der Waals surface area (Å²) in [5.41, 5.74) is 0.584. The van der Waals surface area contributed by atoms with E-state index in [-0.39, 0.29) is 6.03 Å². The Balaban J connectivity index is 2.11. The average Bonchev–Trinajstić information content (AvgIpc) is 2.48. The largest absolute Gasteiger partial charge is 0.494 e. The molecular weight excluding hydrogens is 256 g/mol. The molecule has 1 saturated heterocycles. The van der Waals surface area contributed by atoms with Crippen LogP contribution < -0.4 is 14.8 Å². The Labute approximate surface area is 119 Å². The van der Waals surface area contributed by atoms with Gasteiger partial charge in [0.05, 0.1) is 14.2 Å². The molecule has 0 saturated carbocycles. The number of nitrogens with zero attached hydrogens (tertiary/aromatic N) is 1. The maximum Gasteiger partial charge on any atom is 0.322 e. The Kier molecular flexibility index (Phi) is 4.71. The third-order valence-electron chi connectivity index (χ3n) is 3.73. The summed E-state index contributed by atoms with van der Waals surface area (Å²) < 4.78 is 10.6. The minimum Gasteiger partial charge on any atom is -0.494 e. The minimum atomic E-state index is -0.0975. The molecule has 1 fully saturated rings. The lowest BCUT2D eigenvalue weighted by molar-refractivity contribution is 0.186. The summed E-state index contributed by atoms with van der Waals surface area (Å²) in [6.45, 7) is 3.81. The van der Waals surface area contributed by atoms with E-state index in [0.717, 1.165) is 25.9 Å². The first-order valence-corrected chi connectivity index (χ1v) is 6.92. The minimum absolute atomic E-state index is 0.0975. The maximum absolute atomic E-state index is 12.3. The summed E-state index contributed by atoms with van der Waals surface area (Å²) in [5.74, 6) is 1.89. The van der Waals surface area contributed by atoms with E-state index in [9.17, 15) is 4.79 Å². The summed E-state index contributed by atoms with van der Waals surface area (Å²) in [4.78, 5) is 14.2. The predicted molar refractivity (Wildman–Crippen MR) is 78.5 cm³/mol. The van der Waals surface area contributed by atoms with Crippen molar-refractivity contribution < 1.29 is 14.3 Å². The number of benzene rings is 1. The van der Waals surface area contributed by atoms with Crippen LogP contribution >= 0.6 is 0 Å². The van der Waals surface area contributed by atoms with Crippen LogP contribution in [0.2, 0.25) is 0 Å². The van der Waals surface area contributed by atoms with E-state index in [2.05, 4.69) is 12.2 Å². The lowest BCUT2D eigenvalue weighted by Crippen LogP contribution is -2.40. The fourth-order valence-electron chi connectivity index (χ4n) is 2.37. The average molecular weight is 278 g/mol. The van der Waals surface area contributed by atoms with E-state index < -0.39 is 0 Å². The summed E-state index contributed by atoms with van der Waals surface area (Å²) in [6, 6.07) is 5.34. The van der Waals surface area contributed by atoms with Crippen molar-refractivity contribution in [1.29, 1.82) is 0 Å². The predicted octanol–water partition coefficient (Wildman–Crippen LogP) is 2.97. The number of hydrogen-bond donors (Lipinski definition) is 1. The van der Waals surface area contributed by atoms with Gasteiger partial charge in [-0.05, 0) is 30.9 Å². The van der Waals surface area contributed by atoms with Gasteiger partial charge in [-0.25, -0.2) is 4.79 Å². The summed E-state index contributed by atoms with van der Waals surface area (Å²) in [5, 5.41) is 2.90. The summed E-state index contributed by atoms with van der Waals surface area (Å²) >= 11 is 0. The lowest BCUT2D eigenvalue weighted by Gasteiger charge is -2.30. The molecule has 110 valence electrons. The van der Waals surface area contributed by atoms with Crippen LogP contribution in [0.1, 0.15) is 19.8 Å². The number of likely N-dealkylation sites (tertiary alicyclic amines) is 1. The first-order chi connectivity index (χ1) is 9.65. The number of anilines is 1. The molecule has 1 N–H and O–H groups in total. The molecule has 0 unspecified atom stereocenters. The fraction of sp³-hybridized carbons (Fsp3) is 0.533. The molecule has 1 aromatic rings. The van der Waals surface area contributed by atoms with Gasteiger partial charge < -0.3 is 19.7 Å². The molecule has 1 heterocycles. The Morgan fingerprint density at radius 1 is 1.20 bits per heavy atom. The van der Waals surface area contributed by atoms with Crippen molar-refractivity contribution >= 4 is 11.7 Å². The van der Waals surface area contributed by atoms with Gasteiger partial charge in [0.15, 0.2) is 0 Å². The van der Waals surface area contributed by atoms with Crippen molar-refractivity contribution in [3.63, 3.8) is 0 Å². The second-order valence-electron chi connectivity index (χ2n) is 5.14. The molecule has 0 radical (unpaired) electrons. The van der Waals surface area contributed by atoms with E-state index in [1.54, 1.807) is 26.4 Å². The number of amides is 2. The highest BCUT2D eigenvalue weighted by molar-refractivity contribution is 5.93. The highest BCUT2D eigenvalue weighted by Gasteiger charge is 2.22. The molecule has 5 heteroatoms. The van der Waals surface area contributed by atoms with Crippen LogP contribution in [0.25, 0.3) is 0 Å². The molecule has 0 aromatic heterocycles. The second kappa shape index (κ2) is 6.50. The number of carbonyl (C=O) groups is 1. The zero-order chi connectivity index (χ0) is 14.5. The van der Waals surface area contributed by atoms with Gasteiger partial charge in [-0.15, -0.1) is 0 Å². The summed E-state index contributed by atoms with van der Waals surface area (Å²) in [6.07, 6.45) is 2.10. The SMILES string of the molecule is COc1cccc(OC)c1NC(=O)N1CCC(C)CC1. The van der Waals surface area contributed by atoms with Gasteiger partial charge in [-0.2, -0.15) is 0 Å². The van der Waals surface area contributed by atoms with Crippen LogP contribution in [0.4, 0.5) is 10.5 Å². The van der Waals surface area contributed by atoms with Gasteiger partial charge in [0.25, 0.3) is 0 Å². The highest BCUT2D eigenvalue weighted by atomic mass is 16.5. The first-order valence-electron chi connectivity index (χ1n) is 6.92. The van der Waals surface area contributed by atoms with Crippen LogP contribution in [0.5, 0.6) is 11.5 Å². The third-order valence-corrected chi connectivity index (χ3v) is 3.73. The van der Waals surface area contributed by atoms with Crippen molar-refractivity contribution in [3.05, 3.63) is 18.2 Å². The van der Waals surface area contributed by atoms with E-state index in [0.29, 0.717) is 23.1 Å². The van der Waals surface area contributed by atoms with Gasteiger partial charge in [0, 0.05) is 13.1 Å². The van der Waals surface area contributed by atoms with Crippen molar-refractivity contribution in [2.24, 2.45) is 5.92 Å². The molecule has 20 heavy (non-hydrogen) atoms. The van der Waals surface area contributed by atoms with Gasteiger partial charge >= 0.3 is 6.03 Å². The number of carbonyl (C=O) groups excluding carboxylic acids is 1. The smallest absolute Gasteiger partial charge is 0.322 e. The molecule has 2 rings (SSSR count). The Bertz CT molecular complexity index is 446. The van der Waals surface area contributed by atoms with Crippen molar-refractivity contribution in [3.8, 4) is 11.5 Å². The number of ether oxygens (including phenoxy) is 2. The number of rotatable bonds is 3. The van der Waals surface area contributed by atoms with Gasteiger partial charge in [0.2, 0.25) is 0 Å². The molecule has 1 aliphatic rings. The number of methoxy groups -OCH3 is 2. The molecule has 1 aliphatic heterocycles. The van der Waals surface area contributed by atoms with Gasteiger partial charge in [-0.1, -0.05) is 13.0 Å². The van der Waals surface area contributed by atoms with Gasteiger partial charge in [0.1, 0.15) is 17.2 Å². The standard InChI is InChI=1S/C15H22N2O3/c1-11-7-9-17(10-8-11)15(18)16-14-12(19-2)5-4-6-13(14)20-3/h4-6,11H,7-10H2,1-3H3,(H,16,18). The first kappa shape index (κ1) is 14.5. The normalized spacial score (nSPS) is 15.8. The zero-order valence-electron chi connectivity index (χ0n) is 12.3. The van der Waals surface area contributed by atoms with Crippen molar-refractivity contribution in [1.82, 2.24) is 4.90 Å². The Hall–Kier alpha value is -1.91. The third kappa shape index (κ3) is 3.15. The van der Waals surface area contributed by atoms with E-state index in [4.69, 9.17) is 9.47 Å². The van der Waals surface area contributed by atoms with Crippen molar-refractivity contribution in [2.45, 2.75) is 19.8 Å². The molecule has 2 amide bonds. The van der Waals surface area contributed by atoms with Crippen LogP contribution in [0.15, 0.2) is 18.2 Å². The van der Waals surface area contributed by atoms with E-state index in [1.165, 1.54) is 0 Å². The number of urea groups is 1. The number of nitrogens with one attached hydrogen (secondary N) is 1.